The molecule has 0 saturated heterocycles. The molecule has 1 aromatic carbocycles. The number of carbonyl (C=O) groups is 2. The quantitative estimate of drug-likeness (QED) is 0.480. The Bertz CT molecular complexity index is 1050. The summed E-state index contributed by atoms with van der Waals surface area (Å²) in [5.74, 6) is -0.390. The molecular weight excluding hydrogens is 463 g/mol. The first-order chi connectivity index (χ1) is 14.0. The van der Waals surface area contributed by atoms with Gasteiger partial charge in [-0.15, -0.1) is 24.8 Å². The van der Waals surface area contributed by atoms with E-state index in [0.29, 0.717) is 27.5 Å². The van der Waals surface area contributed by atoms with E-state index < -0.39 is 5.91 Å². The Morgan fingerprint density at radius 3 is 2.42 bits per heavy atom. The van der Waals surface area contributed by atoms with Gasteiger partial charge in [-0.05, 0) is 49.9 Å². The monoisotopic (exact) mass is 484 g/mol. The normalized spacial score (nSPS) is 17.9. The van der Waals surface area contributed by atoms with E-state index in [9.17, 15) is 9.59 Å². The van der Waals surface area contributed by atoms with Gasteiger partial charge in [0.25, 0.3) is 5.91 Å². The molecule has 7 nitrogen and oxygen atoms in total. The van der Waals surface area contributed by atoms with Crippen molar-refractivity contribution in [2.45, 2.75) is 31.7 Å². The summed E-state index contributed by atoms with van der Waals surface area (Å²) < 4.78 is 5.76. The van der Waals surface area contributed by atoms with Gasteiger partial charge in [0.05, 0.1) is 5.02 Å². The van der Waals surface area contributed by atoms with Crippen LogP contribution in [0.15, 0.2) is 47.0 Å². The minimum atomic E-state index is -0.503. The Hall–Kier alpha value is -2.32. The van der Waals surface area contributed by atoms with Crippen molar-refractivity contribution < 1.29 is 14.0 Å². The van der Waals surface area contributed by atoms with E-state index in [-0.39, 0.29) is 48.4 Å². The predicted octanol–water partition coefficient (Wildman–Crippen LogP) is 5.03. The maximum atomic E-state index is 12.8. The first-order valence-corrected chi connectivity index (χ1v) is 9.90. The number of nitrogens with one attached hydrogen (secondary N) is 2. The summed E-state index contributed by atoms with van der Waals surface area (Å²) in [6.45, 7) is 0. The Balaban J connectivity index is 0.00000171. The lowest BCUT2D eigenvalue weighted by Crippen LogP contribution is -2.32. The molecule has 1 fully saturated rings. The fourth-order valence-corrected chi connectivity index (χ4v) is 3.67. The Morgan fingerprint density at radius 1 is 1.03 bits per heavy atom. The summed E-state index contributed by atoms with van der Waals surface area (Å²) in [4.78, 5) is 29.7. The average Bonchev–Trinajstić information content (AvgIpc) is 3.09. The van der Waals surface area contributed by atoms with Gasteiger partial charge in [-0.2, -0.15) is 0 Å². The van der Waals surface area contributed by atoms with Crippen LogP contribution in [0.1, 0.15) is 36.2 Å². The summed E-state index contributed by atoms with van der Waals surface area (Å²) in [7, 11) is 0. The third-order valence-electron chi connectivity index (χ3n) is 5.16. The highest BCUT2D eigenvalue weighted by molar-refractivity contribution is 6.30. The van der Waals surface area contributed by atoms with Crippen molar-refractivity contribution in [3.05, 3.63) is 53.4 Å². The number of fused-ring (bicyclic) bond motifs is 1. The van der Waals surface area contributed by atoms with Gasteiger partial charge in [0, 0.05) is 23.5 Å². The average molecular weight is 486 g/mol. The van der Waals surface area contributed by atoms with Crippen LogP contribution in [0.2, 0.25) is 5.02 Å². The van der Waals surface area contributed by atoms with Crippen molar-refractivity contribution in [1.82, 2.24) is 4.98 Å². The van der Waals surface area contributed by atoms with Crippen molar-refractivity contribution in [3.8, 4) is 0 Å². The lowest BCUT2D eigenvalue weighted by molar-refractivity contribution is -0.120. The van der Waals surface area contributed by atoms with Crippen molar-refractivity contribution in [2.24, 2.45) is 11.7 Å². The number of nitrogens with two attached hydrogens (primary N) is 1. The number of furan rings is 1. The minimum Gasteiger partial charge on any atom is -0.449 e. The molecule has 2 heterocycles. The van der Waals surface area contributed by atoms with Crippen molar-refractivity contribution in [1.29, 1.82) is 0 Å². The zero-order valence-corrected chi connectivity index (χ0v) is 18.9. The van der Waals surface area contributed by atoms with Crippen LogP contribution >= 0.6 is 36.4 Å². The summed E-state index contributed by atoms with van der Waals surface area (Å²) in [5, 5.41) is 6.73. The lowest BCUT2D eigenvalue weighted by Gasteiger charge is -2.25. The number of para-hydroxylation sites is 1. The highest BCUT2D eigenvalue weighted by Gasteiger charge is 2.28. The highest BCUT2D eigenvalue weighted by atomic mass is 35.5. The fraction of sp³-hybridized carbons (Fsp3) is 0.286. The van der Waals surface area contributed by atoms with Crippen molar-refractivity contribution >= 4 is 70.7 Å². The smallest absolute Gasteiger partial charge is 0.294 e. The molecule has 0 radical (unpaired) electrons. The van der Waals surface area contributed by atoms with Crippen molar-refractivity contribution in [3.63, 3.8) is 0 Å². The highest BCUT2D eigenvalue weighted by Crippen LogP contribution is 2.33. The molecule has 0 unspecified atom stereocenters. The van der Waals surface area contributed by atoms with Gasteiger partial charge in [-0.25, -0.2) is 4.98 Å². The van der Waals surface area contributed by atoms with Gasteiger partial charge in [0.1, 0.15) is 17.1 Å². The predicted molar refractivity (Wildman–Crippen MR) is 126 cm³/mol. The van der Waals surface area contributed by atoms with Gasteiger partial charge in [-0.1, -0.05) is 23.7 Å². The lowest BCUT2D eigenvalue weighted by atomic mass is 9.86. The molecular formula is C21H23Cl3N4O3. The van der Waals surface area contributed by atoms with Crippen LogP contribution in [0, 0.1) is 5.92 Å². The maximum absolute atomic E-state index is 12.8. The SMILES string of the molecule is Cl.Cl.N[C@H]1CC[C@H](C(=O)Nc2c(C(=O)Nc3ccc(Cl)cn3)oc3ccccc23)CC1. The number of halogens is 3. The van der Waals surface area contributed by atoms with E-state index in [1.54, 1.807) is 18.2 Å². The molecule has 1 saturated carbocycles. The third-order valence-corrected chi connectivity index (χ3v) is 5.39. The zero-order chi connectivity index (χ0) is 20.4. The van der Waals surface area contributed by atoms with Crippen LogP contribution < -0.4 is 16.4 Å². The number of amides is 2. The summed E-state index contributed by atoms with van der Waals surface area (Å²) in [5.41, 5.74) is 6.82. The van der Waals surface area contributed by atoms with Gasteiger partial charge < -0.3 is 20.8 Å². The van der Waals surface area contributed by atoms with Crippen LogP contribution in [0.25, 0.3) is 11.0 Å². The number of benzene rings is 1. The molecule has 4 N–H and O–H groups in total. The van der Waals surface area contributed by atoms with Gasteiger partial charge in [-0.3, -0.25) is 9.59 Å². The molecule has 3 aromatic rings. The molecule has 1 aliphatic rings. The number of rotatable bonds is 4. The molecule has 0 atom stereocenters. The Morgan fingerprint density at radius 2 is 1.74 bits per heavy atom. The zero-order valence-electron chi connectivity index (χ0n) is 16.5. The van der Waals surface area contributed by atoms with Crippen LogP contribution in [0.5, 0.6) is 0 Å². The molecule has 2 amide bonds. The van der Waals surface area contributed by atoms with E-state index in [4.69, 9.17) is 21.8 Å². The van der Waals surface area contributed by atoms with Crippen LogP contribution in [0.3, 0.4) is 0 Å². The summed E-state index contributed by atoms with van der Waals surface area (Å²) in [6, 6.07) is 10.6. The second kappa shape index (κ2) is 10.8. The van der Waals surface area contributed by atoms with E-state index in [1.807, 2.05) is 18.2 Å². The first-order valence-electron chi connectivity index (χ1n) is 9.52. The topological polar surface area (TPSA) is 110 Å². The number of pyridine rings is 1. The van der Waals surface area contributed by atoms with E-state index >= 15 is 0 Å². The molecule has 1 aliphatic carbocycles. The summed E-state index contributed by atoms with van der Waals surface area (Å²) >= 11 is 5.83. The first kappa shape index (κ1) is 24.9. The summed E-state index contributed by atoms with van der Waals surface area (Å²) in [6.07, 6.45) is 4.55. The van der Waals surface area contributed by atoms with Crippen LogP contribution in [-0.4, -0.2) is 22.8 Å². The second-order valence-electron chi connectivity index (χ2n) is 7.22. The Kier molecular flexibility index (Phi) is 8.70. The van der Waals surface area contributed by atoms with Gasteiger partial charge in [0.2, 0.25) is 11.7 Å². The number of hydrogen-bond donors (Lipinski definition) is 3. The second-order valence-corrected chi connectivity index (χ2v) is 7.66. The van der Waals surface area contributed by atoms with Gasteiger partial charge in [0.15, 0.2) is 0 Å². The van der Waals surface area contributed by atoms with Crippen LogP contribution in [-0.2, 0) is 4.79 Å². The van der Waals surface area contributed by atoms with Crippen molar-refractivity contribution in [2.75, 3.05) is 10.6 Å². The number of aromatic nitrogens is 1. The van der Waals surface area contributed by atoms with Crippen LogP contribution in [0.4, 0.5) is 11.5 Å². The minimum absolute atomic E-state index is 0. The van der Waals surface area contributed by atoms with E-state index in [1.165, 1.54) is 6.20 Å². The molecule has 10 heteroatoms. The number of carbonyl (C=O) groups excluding carboxylic acids is 2. The Labute approximate surface area is 196 Å². The third kappa shape index (κ3) is 5.68. The van der Waals surface area contributed by atoms with Gasteiger partial charge >= 0.3 is 0 Å². The number of anilines is 2. The molecule has 2 aromatic heterocycles. The maximum Gasteiger partial charge on any atom is 0.294 e. The largest absolute Gasteiger partial charge is 0.449 e. The molecule has 166 valence electrons. The standard InChI is InChI=1S/C21H21ClN4O3.2ClH/c22-13-7-10-17(24-11-13)25-21(28)19-18(15-3-1-2-4-16(15)29-19)26-20(27)12-5-8-14(23)9-6-12;;/h1-4,7,10-12,14H,5-6,8-9,23H2,(H,26,27)(H,24,25,28);2*1H/t12-,14-;;. The number of hydrogen-bond acceptors (Lipinski definition) is 5. The molecule has 0 aliphatic heterocycles. The fourth-order valence-electron chi connectivity index (χ4n) is 3.56. The molecule has 0 spiro atoms. The molecule has 0 bridgehead atoms. The van der Waals surface area contributed by atoms with E-state index in [0.717, 1.165) is 25.7 Å². The van der Waals surface area contributed by atoms with E-state index in [2.05, 4.69) is 15.6 Å². The number of nitrogens with zero attached hydrogens (tertiary/aromatic N) is 1. The molecule has 31 heavy (non-hydrogen) atoms. The molecule has 4 rings (SSSR count).